The van der Waals surface area contributed by atoms with Crippen LogP contribution in [-0.4, -0.2) is 24.2 Å². The number of aromatic nitrogens is 1. The van der Waals surface area contributed by atoms with E-state index in [1.165, 1.54) is 0 Å². The second-order valence-corrected chi connectivity index (χ2v) is 3.03. The predicted molar refractivity (Wildman–Crippen MR) is 53.8 cm³/mol. The largest absolute Gasteiger partial charge is 0.465 e. The van der Waals surface area contributed by atoms with Crippen LogP contribution >= 0.6 is 0 Å². The Labute approximate surface area is 83.9 Å². The second-order valence-electron chi connectivity index (χ2n) is 3.03. The van der Waals surface area contributed by atoms with E-state index >= 15 is 0 Å². The van der Waals surface area contributed by atoms with Gasteiger partial charge in [-0.15, -0.1) is 0 Å². The highest BCUT2D eigenvalue weighted by Crippen LogP contribution is 2.00. The molecule has 0 atom stereocenters. The summed E-state index contributed by atoms with van der Waals surface area (Å²) in [5.41, 5.74) is 1.16. The fraction of sp³-hybridized carbons (Fsp3) is 0.500. The molecule has 0 fully saturated rings. The fourth-order valence-electron chi connectivity index (χ4n) is 1.25. The minimum Gasteiger partial charge on any atom is -0.465 e. The fourth-order valence-corrected chi connectivity index (χ4v) is 1.25. The van der Waals surface area contributed by atoms with Crippen LogP contribution in [0.25, 0.3) is 0 Å². The van der Waals surface area contributed by atoms with Gasteiger partial charge in [0.05, 0.1) is 6.61 Å². The van der Waals surface area contributed by atoms with Crippen molar-refractivity contribution >= 4 is 5.97 Å². The van der Waals surface area contributed by atoms with E-state index in [1.807, 2.05) is 30.1 Å². The molecule has 0 radical (unpaired) electrons. The summed E-state index contributed by atoms with van der Waals surface area (Å²) in [7, 11) is 1.89. The molecule has 0 aliphatic rings. The summed E-state index contributed by atoms with van der Waals surface area (Å²) < 4.78 is 6.66. The molecule has 1 aromatic rings. The topological polar surface area (TPSA) is 43.3 Å². The number of ether oxygens (including phenoxy) is 1. The van der Waals surface area contributed by atoms with Gasteiger partial charge >= 0.3 is 5.97 Å². The Morgan fingerprint density at radius 2 is 2.43 bits per heavy atom. The molecular weight excluding hydrogens is 180 g/mol. The summed E-state index contributed by atoms with van der Waals surface area (Å²) in [6, 6.07) is 1.98. The van der Waals surface area contributed by atoms with Gasteiger partial charge in [-0.3, -0.25) is 4.79 Å². The van der Waals surface area contributed by atoms with Crippen molar-refractivity contribution < 1.29 is 9.53 Å². The molecule has 4 nitrogen and oxygen atoms in total. The Hall–Kier alpha value is -1.29. The molecule has 0 bridgehead atoms. The van der Waals surface area contributed by atoms with Crippen LogP contribution in [-0.2, 0) is 22.6 Å². The molecule has 0 saturated heterocycles. The van der Waals surface area contributed by atoms with Gasteiger partial charge < -0.3 is 14.6 Å². The lowest BCUT2D eigenvalue weighted by atomic mass is 10.3. The smallest absolute Gasteiger partial charge is 0.325 e. The van der Waals surface area contributed by atoms with E-state index in [2.05, 4.69) is 5.32 Å². The molecule has 1 heterocycles. The third-order valence-electron chi connectivity index (χ3n) is 1.81. The number of carbonyl (C=O) groups excluding carboxylic acids is 1. The van der Waals surface area contributed by atoms with Gasteiger partial charge in [0, 0.05) is 18.9 Å². The van der Waals surface area contributed by atoms with Gasteiger partial charge in [0.15, 0.2) is 0 Å². The van der Waals surface area contributed by atoms with Crippen molar-refractivity contribution in [3.8, 4) is 0 Å². The molecule has 0 aromatic carbocycles. The van der Waals surface area contributed by atoms with E-state index < -0.39 is 0 Å². The maximum atomic E-state index is 11.1. The van der Waals surface area contributed by atoms with Gasteiger partial charge in [0.25, 0.3) is 0 Å². The molecule has 0 aliphatic carbocycles. The molecule has 0 amide bonds. The normalized spacial score (nSPS) is 10.1. The van der Waals surface area contributed by atoms with Crippen molar-refractivity contribution in [2.24, 2.45) is 0 Å². The van der Waals surface area contributed by atoms with Gasteiger partial charge in [-0.2, -0.15) is 0 Å². The molecule has 78 valence electrons. The minimum absolute atomic E-state index is 0.195. The number of carbonyl (C=O) groups is 1. The summed E-state index contributed by atoms with van der Waals surface area (Å²) in [6.07, 6.45) is 3.82. The van der Waals surface area contributed by atoms with Gasteiger partial charge in [0.1, 0.15) is 6.54 Å². The zero-order valence-electron chi connectivity index (χ0n) is 8.62. The van der Waals surface area contributed by atoms with Crippen LogP contribution in [0.15, 0.2) is 18.5 Å². The van der Waals surface area contributed by atoms with Crippen LogP contribution in [0.2, 0.25) is 0 Å². The lowest BCUT2D eigenvalue weighted by Crippen LogP contribution is -2.12. The Bertz CT molecular complexity index is 294. The highest BCUT2D eigenvalue weighted by molar-refractivity contribution is 5.69. The molecule has 14 heavy (non-hydrogen) atoms. The highest BCUT2D eigenvalue weighted by Gasteiger charge is 2.02. The average molecular weight is 196 g/mol. The Balaban J connectivity index is 2.46. The first-order valence-electron chi connectivity index (χ1n) is 4.71. The van der Waals surface area contributed by atoms with Crippen LogP contribution in [0.3, 0.4) is 0 Å². The third kappa shape index (κ3) is 3.22. The van der Waals surface area contributed by atoms with Crippen molar-refractivity contribution in [3.05, 3.63) is 24.0 Å². The summed E-state index contributed by atoms with van der Waals surface area (Å²) in [4.78, 5) is 11.1. The number of hydrogen-bond acceptors (Lipinski definition) is 3. The van der Waals surface area contributed by atoms with E-state index in [0.717, 1.165) is 12.1 Å². The number of esters is 1. The van der Waals surface area contributed by atoms with Gasteiger partial charge in [0.2, 0.25) is 0 Å². The van der Waals surface area contributed by atoms with Crippen molar-refractivity contribution in [3.63, 3.8) is 0 Å². The van der Waals surface area contributed by atoms with Crippen LogP contribution < -0.4 is 5.32 Å². The molecule has 0 saturated carbocycles. The van der Waals surface area contributed by atoms with Crippen LogP contribution in [0.5, 0.6) is 0 Å². The van der Waals surface area contributed by atoms with E-state index in [4.69, 9.17) is 4.74 Å². The second kappa shape index (κ2) is 5.44. The first-order chi connectivity index (χ1) is 6.76. The number of hydrogen-bond donors (Lipinski definition) is 1. The summed E-state index contributed by atoms with van der Waals surface area (Å²) >= 11 is 0. The summed E-state index contributed by atoms with van der Waals surface area (Å²) in [6.45, 7) is 3.34. The number of rotatable bonds is 5. The van der Waals surface area contributed by atoms with E-state index in [1.54, 1.807) is 6.92 Å². The van der Waals surface area contributed by atoms with Crippen molar-refractivity contribution in [2.75, 3.05) is 13.7 Å². The number of nitrogens with zero attached hydrogens (tertiary/aromatic N) is 1. The SMILES string of the molecule is CCOC(=O)Cn1ccc(CNC)c1. The van der Waals surface area contributed by atoms with E-state index in [0.29, 0.717) is 6.61 Å². The van der Waals surface area contributed by atoms with Crippen molar-refractivity contribution in [1.82, 2.24) is 9.88 Å². The van der Waals surface area contributed by atoms with Crippen LogP contribution in [0.4, 0.5) is 0 Å². The maximum absolute atomic E-state index is 11.1. The Morgan fingerprint density at radius 1 is 1.64 bits per heavy atom. The zero-order chi connectivity index (χ0) is 10.4. The number of nitrogens with one attached hydrogen (secondary N) is 1. The standard InChI is InChI=1S/C10H16N2O2/c1-3-14-10(13)8-12-5-4-9(7-12)6-11-2/h4-5,7,11H,3,6,8H2,1-2H3. The minimum atomic E-state index is -0.195. The van der Waals surface area contributed by atoms with Gasteiger partial charge in [-0.05, 0) is 25.6 Å². The summed E-state index contributed by atoms with van der Waals surface area (Å²) in [5.74, 6) is -0.195. The Morgan fingerprint density at radius 3 is 3.07 bits per heavy atom. The molecule has 0 spiro atoms. The maximum Gasteiger partial charge on any atom is 0.325 e. The van der Waals surface area contributed by atoms with Crippen molar-refractivity contribution in [1.29, 1.82) is 0 Å². The van der Waals surface area contributed by atoms with E-state index in [9.17, 15) is 4.79 Å². The molecule has 1 aromatic heterocycles. The first-order valence-corrected chi connectivity index (χ1v) is 4.71. The molecule has 0 unspecified atom stereocenters. The first kappa shape index (κ1) is 10.8. The quantitative estimate of drug-likeness (QED) is 0.707. The van der Waals surface area contributed by atoms with Crippen LogP contribution in [0.1, 0.15) is 12.5 Å². The molecule has 1 N–H and O–H groups in total. The molecule has 0 aliphatic heterocycles. The predicted octanol–water partition coefficient (Wildman–Crippen LogP) is 0.771. The lowest BCUT2D eigenvalue weighted by Gasteiger charge is -2.02. The molecule has 4 heteroatoms. The van der Waals surface area contributed by atoms with Gasteiger partial charge in [-0.25, -0.2) is 0 Å². The monoisotopic (exact) mass is 196 g/mol. The average Bonchev–Trinajstić information content (AvgIpc) is 2.53. The molecular formula is C10H16N2O2. The van der Waals surface area contributed by atoms with E-state index in [-0.39, 0.29) is 12.5 Å². The van der Waals surface area contributed by atoms with Gasteiger partial charge in [-0.1, -0.05) is 0 Å². The third-order valence-corrected chi connectivity index (χ3v) is 1.81. The zero-order valence-corrected chi connectivity index (χ0v) is 8.62. The summed E-state index contributed by atoms with van der Waals surface area (Å²) in [5, 5.41) is 3.05. The highest BCUT2D eigenvalue weighted by atomic mass is 16.5. The van der Waals surface area contributed by atoms with Crippen molar-refractivity contribution in [2.45, 2.75) is 20.0 Å². The Kier molecular flexibility index (Phi) is 4.19. The lowest BCUT2D eigenvalue weighted by molar-refractivity contribution is -0.143. The molecule has 1 rings (SSSR count). The van der Waals surface area contributed by atoms with Crippen LogP contribution in [0, 0.1) is 0 Å².